The van der Waals surface area contributed by atoms with Gasteiger partial charge in [-0.2, -0.15) is 5.10 Å². The van der Waals surface area contributed by atoms with E-state index >= 15 is 0 Å². The van der Waals surface area contributed by atoms with Crippen LogP contribution in [0.1, 0.15) is 11.4 Å². The molecular weight excluding hydrogens is 230 g/mol. The summed E-state index contributed by atoms with van der Waals surface area (Å²) in [6.45, 7) is 3.95. The van der Waals surface area contributed by atoms with Crippen LogP contribution < -0.4 is 5.32 Å². The van der Waals surface area contributed by atoms with Crippen LogP contribution in [0.4, 0.5) is 5.69 Å². The summed E-state index contributed by atoms with van der Waals surface area (Å²) in [5.74, 6) is -0.0503. The van der Waals surface area contributed by atoms with Crippen molar-refractivity contribution >= 4 is 11.6 Å². The number of aromatic hydroxyl groups is 1. The molecule has 0 aliphatic carbocycles. The monoisotopic (exact) mass is 245 g/mol. The lowest BCUT2D eigenvalue weighted by atomic mass is 10.3. The summed E-state index contributed by atoms with van der Waals surface area (Å²) in [7, 11) is 0. The van der Waals surface area contributed by atoms with E-state index < -0.39 is 0 Å². The molecule has 1 amide bonds. The highest BCUT2D eigenvalue weighted by Crippen LogP contribution is 2.15. The number of aryl methyl sites for hydroxylation is 2. The Morgan fingerprint density at radius 3 is 2.78 bits per heavy atom. The first kappa shape index (κ1) is 12.2. The quantitative estimate of drug-likeness (QED) is 0.867. The maximum atomic E-state index is 11.8. The van der Waals surface area contributed by atoms with Crippen molar-refractivity contribution in [1.29, 1.82) is 0 Å². The minimum Gasteiger partial charge on any atom is -0.508 e. The molecule has 5 nitrogen and oxygen atoms in total. The van der Waals surface area contributed by atoms with E-state index in [9.17, 15) is 9.90 Å². The summed E-state index contributed by atoms with van der Waals surface area (Å²) >= 11 is 0. The number of carbonyl (C=O) groups excluding carboxylic acids is 1. The first-order chi connectivity index (χ1) is 8.54. The molecule has 1 heterocycles. The van der Waals surface area contributed by atoms with Crippen molar-refractivity contribution in [2.75, 3.05) is 5.32 Å². The predicted molar refractivity (Wildman–Crippen MR) is 68.4 cm³/mol. The van der Waals surface area contributed by atoms with Crippen LogP contribution in [0, 0.1) is 13.8 Å². The van der Waals surface area contributed by atoms with Crippen molar-refractivity contribution in [2.24, 2.45) is 0 Å². The Morgan fingerprint density at radius 1 is 1.39 bits per heavy atom. The van der Waals surface area contributed by atoms with Crippen molar-refractivity contribution in [2.45, 2.75) is 20.4 Å². The Kier molecular flexibility index (Phi) is 3.32. The van der Waals surface area contributed by atoms with Gasteiger partial charge >= 0.3 is 0 Å². The fourth-order valence-corrected chi connectivity index (χ4v) is 1.76. The number of phenolic OH excluding ortho intramolecular Hbond substituents is 1. The molecule has 2 N–H and O–H groups in total. The highest BCUT2D eigenvalue weighted by atomic mass is 16.3. The zero-order valence-electron chi connectivity index (χ0n) is 10.3. The molecule has 0 saturated heterocycles. The standard InChI is InChI=1S/C13H15N3O2/c1-9-6-10(2)16(15-9)8-13(18)14-11-4-3-5-12(17)7-11/h3-7,17H,8H2,1-2H3,(H,14,18). The van der Waals surface area contributed by atoms with Crippen LogP contribution in [0.25, 0.3) is 0 Å². The minimum atomic E-state index is -0.174. The molecule has 1 aromatic carbocycles. The normalized spacial score (nSPS) is 10.3. The van der Waals surface area contributed by atoms with Crippen molar-refractivity contribution < 1.29 is 9.90 Å². The number of aromatic nitrogens is 2. The van der Waals surface area contributed by atoms with Crippen molar-refractivity contribution in [1.82, 2.24) is 9.78 Å². The number of anilines is 1. The minimum absolute atomic E-state index is 0.124. The molecular formula is C13H15N3O2. The van der Waals surface area contributed by atoms with Crippen LogP contribution in [0.15, 0.2) is 30.3 Å². The molecule has 0 aliphatic rings. The van der Waals surface area contributed by atoms with Gasteiger partial charge in [-0.15, -0.1) is 0 Å². The van der Waals surface area contributed by atoms with E-state index in [1.165, 1.54) is 6.07 Å². The maximum Gasteiger partial charge on any atom is 0.246 e. The lowest BCUT2D eigenvalue weighted by Crippen LogP contribution is -2.20. The molecule has 5 heteroatoms. The molecule has 2 aromatic rings. The average molecular weight is 245 g/mol. The molecule has 0 radical (unpaired) electrons. The van der Waals surface area contributed by atoms with Gasteiger partial charge in [0.15, 0.2) is 0 Å². The van der Waals surface area contributed by atoms with E-state index in [-0.39, 0.29) is 18.2 Å². The van der Waals surface area contributed by atoms with Crippen molar-refractivity contribution in [3.8, 4) is 5.75 Å². The number of hydrogen-bond acceptors (Lipinski definition) is 3. The molecule has 0 unspecified atom stereocenters. The van der Waals surface area contributed by atoms with E-state index in [1.807, 2.05) is 19.9 Å². The van der Waals surface area contributed by atoms with Gasteiger partial charge in [0.05, 0.1) is 5.69 Å². The van der Waals surface area contributed by atoms with Crippen LogP contribution in [0.5, 0.6) is 5.75 Å². The van der Waals surface area contributed by atoms with E-state index in [0.29, 0.717) is 5.69 Å². The summed E-state index contributed by atoms with van der Waals surface area (Å²) in [4.78, 5) is 11.8. The lowest BCUT2D eigenvalue weighted by molar-refractivity contribution is -0.116. The first-order valence-corrected chi connectivity index (χ1v) is 5.64. The second-order valence-electron chi connectivity index (χ2n) is 4.18. The Labute approximate surface area is 105 Å². The van der Waals surface area contributed by atoms with Crippen LogP contribution >= 0.6 is 0 Å². The van der Waals surface area contributed by atoms with Gasteiger partial charge in [-0.25, -0.2) is 0 Å². The molecule has 0 bridgehead atoms. The second kappa shape index (κ2) is 4.91. The Balaban J connectivity index is 2.03. The molecule has 0 fully saturated rings. The maximum absolute atomic E-state index is 11.8. The lowest BCUT2D eigenvalue weighted by Gasteiger charge is -2.07. The van der Waals surface area contributed by atoms with E-state index in [2.05, 4.69) is 10.4 Å². The van der Waals surface area contributed by atoms with Gasteiger partial charge in [-0.05, 0) is 32.0 Å². The van der Waals surface area contributed by atoms with Gasteiger partial charge in [0, 0.05) is 17.4 Å². The average Bonchev–Trinajstić information content (AvgIpc) is 2.57. The van der Waals surface area contributed by atoms with E-state index in [0.717, 1.165) is 11.4 Å². The third kappa shape index (κ3) is 2.88. The van der Waals surface area contributed by atoms with Crippen LogP contribution in [0.3, 0.4) is 0 Å². The summed E-state index contributed by atoms with van der Waals surface area (Å²) in [6, 6.07) is 8.37. The van der Waals surface area contributed by atoms with Gasteiger partial charge in [-0.1, -0.05) is 6.07 Å². The number of rotatable bonds is 3. The van der Waals surface area contributed by atoms with Gasteiger partial charge < -0.3 is 10.4 Å². The largest absolute Gasteiger partial charge is 0.508 e. The molecule has 0 saturated carbocycles. The van der Waals surface area contributed by atoms with E-state index in [1.54, 1.807) is 22.9 Å². The number of carbonyl (C=O) groups is 1. The number of hydrogen-bond donors (Lipinski definition) is 2. The number of nitrogens with zero attached hydrogens (tertiary/aromatic N) is 2. The van der Waals surface area contributed by atoms with Gasteiger partial charge in [0.25, 0.3) is 0 Å². The molecule has 0 atom stereocenters. The summed E-state index contributed by atoms with van der Waals surface area (Å²) in [6.07, 6.45) is 0. The first-order valence-electron chi connectivity index (χ1n) is 5.64. The SMILES string of the molecule is Cc1cc(C)n(CC(=O)Nc2cccc(O)c2)n1. The van der Waals surface area contributed by atoms with E-state index in [4.69, 9.17) is 0 Å². The zero-order chi connectivity index (χ0) is 13.1. The molecule has 0 spiro atoms. The highest BCUT2D eigenvalue weighted by molar-refractivity contribution is 5.90. The van der Waals surface area contributed by atoms with Gasteiger partial charge in [-0.3, -0.25) is 9.48 Å². The Morgan fingerprint density at radius 2 is 2.17 bits per heavy atom. The summed E-state index contributed by atoms with van der Waals surface area (Å²) in [5, 5.41) is 16.2. The Hall–Kier alpha value is -2.30. The third-order valence-corrected chi connectivity index (χ3v) is 2.53. The van der Waals surface area contributed by atoms with Gasteiger partial charge in [0.2, 0.25) is 5.91 Å². The van der Waals surface area contributed by atoms with Crippen molar-refractivity contribution in [3.63, 3.8) is 0 Å². The molecule has 1 aromatic heterocycles. The fraction of sp³-hybridized carbons (Fsp3) is 0.231. The number of nitrogens with one attached hydrogen (secondary N) is 1. The topological polar surface area (TPSA) is 67.2 Å². The van der Waals surface area contributed by atoms with Gasteiger partial charge in [0.1, 0.15) is 12.3 Å². The number of benzene rings is 1. The molecule has 18 heavy (non-hydrogen) atoms. The second-order valence-corrected chi connectivity index (χ2v) is 4.18. The fourth-order valence-electron chi connectivity index (χ4n) is 1.76. The molecule has 0 aliphatic heterocycles. The zero-order valence-corrected chi connectivity index (χ0v) is 10.3. The summed E-state index contributed by atoms with van der Waals surface area (Å²) in [5.41, 5.74) is 2.40. The van der Waals surface area contributed by atoms with Crippen LogP contribution in [0.2, 0.25) is 0 Å². The number of phenols is 1. The van der Waals surface area contributed by atoms with Crippen LogP contribution in [-0.2, 0) is 11.3 Å². The molecule has 94 valence electrons. The molecule has 2 rings (SSSR count). The van der Waals surface area contributed by atoms with Crippen LogP contribution in [-0.4, -0.2) is 20.8 Å². The third-order valence-electron chi connectivity index (χ3n) is 2.53. The Bertz CT molecular complexity index is 575. The predicted octanol–water partition coefficient (Wildman–Crippen LogP) is 1.84. The number of amides is 1. The summed E-state index contributed by atoms with van der Waals surface area (Å²) < 4.78 is 1.65. The highest BCUT2D eigenvalue weighted by Gasteiger charge is 2.07. The smallest absolute Gasteiger partial charge is 0.246 e. The van der Waals surface area contributed by atoms with Crippen molar-refractivity contribution in [3.05, 3.63) is 41.7 Å².